The Hall–Kier alpha value is -0.200. The van der Waals surface area contributed by atoms with Crippen molar-refractivity contribution in [2.24, 2.45) is 0 Å². The molecule has 0 aromatic carbocycles. The summed E-state index contributed by atoms with van der Waals surface area (Å²) in [5.41, 5.74) is 1.97. The van der Waals surface area contributed by atoms with Gasteiger partial charge in [-0.2, -0.15) is 0 Å². The summed E-state index contributed by atoms with van der Waals surface area (Å²) in [6, 6.07) is 0. The average Bonchev–Trinajstić information content (AvgIpc) is 2.76. The second-order valence-electron chi connectivity index (χ2n) is 3.36. The predicted molar refractivity (Wildman–Crippen MR) is 69.4 cm³/mol. The molecule has 2 heterocycles. The van der Waals surface area contributed by atoms with E-state index < -0.39 is 0 Å². The van der Waals surface area contributed by atoms with E-state index in [2.05, 4.69) is 14.9 Å². The standard InChI is InChI=1S/C9H9Cl2N3S2/c1-14(2-6-4-15-8(10)12-6)3-7-5-16-9(11)13-7/h4-5H,2-3H2,1H3. The van der Waals surface area contributed by atoms with Crippen LogP contribution >= 0.6 is 45.9 Å². The van der Waals surface area contributed by atoms with E-state index >= 15 is 0 Å². The number of hydrogen-bond donors (Lipinski definition) is 0. The first-order chi connectivity index (χ1) is 7.63. The van der Waals surface area contributed by atoms with Crippen LogP contribution in [0.2, 0.25) is 8.93 Å². The predicted octanol–water partition coefficient (Wildman–Crippen LogP) is 3.54. The van der Waals surface area contributed by atoms with Crippen molar-refractivity contribution in [2.75, 3.05) is 7.05 Å². The molecule has 0 amide bonds. The van der Waals surface area contributed by atoms with Crippen LogP contribution in [0.15, 0.2) is 10.8 Å². The van der Waals surface area contributed by atoms with E-state index in [0.29, 0.717) is 8.93 Å². The summed E-state index contributed by atoms with van der Waals surface area (Å²) < 4.78 is 1.17. The molecule has 0 spiro atoms. The van der Waals surface area contributed by atoms with Crippen molar-refractivity contribution in [1.82, 2.24) is 14.9 Å². The fourth-order valence-electron chi connectivity index (χ4n) is 1.32. The maximum absolute atomic E-state index is 5.77. The fourth-order valence-corrected chi connectivity index (χ4v) is 2.86. The quantitative estimate of drug-likeness (QED) is 0.863. The third-order valence-corrected chi connectivity index (χ3v) is 3.97. The third-order valence-electron chi connectivity index (χ3n) is 1.91. The van der Waals surface area contributed by atoms with Crippen molar-refractivity contribution in [3.05, 3.63) is 31.1 Å². The lowest BCUT2D eigenvalue weighted by Crippen LogP contribution is -2.17. The molecular formula is C9H9Cl2N3S2. The molecule has 2 rings (SSSR count). The van der Waals surface area contributed by atoms with Gasteiger partial charge in [-0.3, -0.25) is 4.90 Å². The first kappa shape index (κ1) is 12.3. The number of thiazole rings is 2. The van der Waals surface area contributed by atoms with Crippen molar-refractivity contribution in [3.63, 3.8) is 0 Å². The second kappa shape index (κ2) is 5.42. The number of halogens is 2. The van der Waals surface area contributed by atoms with Crippen LogP contribution in [-0.2, 0) is 13.1 Å². The topological polar surface area (TPSA) is 29.0 Å². The summed E-state index contributed by atoms with van der Waals surface area (Å²) in [5.74, 6) is 0. The number of hydrogen-bond acceptors (Lipinski definition) is 5. The summed E-state index contributed by atoms with van der Waals surface area (Å²) in [5, 5.41) is 3.93. The molecule has 0 aliphatic rings. The van der Waals surface area contributed by atoms with Gasteiger partial charge in [-0.1, -0.05) is 23.2 Å². The van der Waals surface area contributed by atoms with Gasteiger partial charge in [0.05, 0.1) is 11.4 Å². The van der Waals surface area contributed by atoms with Crippen LogP contribution in [0.5, 0.6) is 0 Å². The lowest BCUT2D eigenvalue weighted by molar-refractivity contribution is 0.312. The molecule has 7 heteroatoms. The average molecular weight is 294 g/mol. The van der Waals surface area contributed by atoms with Crippen molar-refractivity contribution >= 4 is 45.9 Å². The first-order valence-corrected chi connectivity index (χ1v) is 7.03. The highest BCUT2D eigenvalue weighted by atomic mass is 35.5. The lowest BCUT2D eigenvalue weighted by atomic mass is 10.4. The SMILES string of the molecule is CN(Cc1csc(Cl)n1)Cc1csc(Cl)n1. The van der Waals surface area contributed by atoms with E-state index in [-0.39, 0.29) is 0 Å². The molecule has 0 fully saturated rings. The molecule has 0 N–H and O–H groups in total. The van der Waals surface area contributed by atoms with Crippen LogP contribution in [0.3, 0.4) is 0 Å². The number of nitrogens with zero attached hydrogens (tertiary/aromatic N) is 3. The molecule has 0 unspecified atom stereocenters. The highest BCUT2D eigenvalue weighted by Gasteiger charge is 2.07. The zero-order valence-corrected chi connectivity index (χ0v) is 11.6. The Morgan fingerprint density at radius 1 is 1.06 bits per heavy atom. The highest BCUT2D eigenvalue weighted by molar-refractivity contribution is 7.14. The Labute approximate surface area is 112 Å². The Kier molecular flexibility index (Phi) is 4.16. The van der Waals surface area contributed by atoms with Gasteiger partial charge in [0.2, 0.25) is 0 Å². The molecule has 0 aliphatic carbocycles. The maximum atomic E-state index is 5.77. The van der Waals surface area contributed by atoms with E-state index in [1.165, 1.54) is 22.7 Å². The molecule has 0 bridgehead atoms. The van der Waals surface area contributed by atoms with Crippen LogP contribution in [0.4, 0.5) is 0 Å². The fraction of sp³-hybridized carbons (Fsp3) is 0.333. The summed E-state index contributed by atoms with van der Waals surface area (Å²) >= 11 is 14.4. The van der Waals surface area contributed by atoms with Gasteiger partial charge in [-0.25, -0.2) is 9.97 Å². The normalized spacial score (nSPS) is 11.2. The largest absolute Gasteiger partial charge is 0.295 e. The van der Waals surface area contributed by atoms with Gasteiger partial charge >= 0.3 is 0 Å². The molecule has 16 heavy (non-hydrogen) atoms. The van der Waals surface area contributed by atoms with Crippen LogP contribution < -0.4 is 0 Å². The van der Waals surface area contributed by atoms with Crippen LogP contribution in [-0.4, -0.2) is 21.9 Å². The zero-order chi connectivity index (χ0) is 11.5. The van der Waals surface area contributed by atoms with Gasteiger partial charge in [0.15, 0.2) is 8.93 Å². The minimum Gasteiger partial charge on any atom is -0.295 e. The van der Waals surface area contributed by atoms with E-state index in [4.69, 9.17) is 23.2 Å². The van der Waals surface area contributed by atoms with Gasteiger partial charge in [0.1, 0.15) is 0 Å². The molecule has 0 saturated carbocycles. The lowest BCUT2D eigenvalue weighted by Gasteiger charge is -2.13. The highest BCUT2D eigenvalue weighted by Crippen LogP contribution is 2.18. The zero-order valence-electron chi connectivity index (χ0n) is 8.48. The van der Waals surface area contributed by atoms with Gasteiger partial charge in [-0.15, -0.1) is 22.7 Å². The summed E-state index contributed by atoms with van der Waals surface area (Å²) in [7, 11) is 2.01. The Morgan fingerprint density at radius 3 is 1.81 bits per heavy atom. The molecular weight excluding hydrogens is 285 g/mol. The van der Waals surface area contributed by atoms with Crippen molar-refractivity contribution < 1.29 is 0 Å². The van der Waals surface area contributed by atoms with Gasteiger partial charge < -0.3 is 0 Å². The Balaban J connectivity index is 1.91. The van der Waals surface area contributed by atoms with Crippen molar-refractivity contribution in [2.45, 2.75) is 13.1 Å². The van der Waals surface area contributed by atoms with Crippen LogP contribution in [0.1, 0.15) is 11.4 Å². The molecule has 2 aromatic heterocycles. The van der Waals surface area contributed by atoms with Gasteiger partial charge in [-0.05, 0) is 7.05 Å². The number of rotatable bonds is 4. The molecule has 0 atom stereocenters. The van der Waals surface area contributed by atoms with Crippen LogP contribution in [0, 0.1) is 0 Å². The van der Waals surface area contributed by atoms with Gasteiger partial charge in [0.25, 0.3) is 0 Å². The molecule has 0 aliphatic heterocycles. The molecule has 2 aromatic rings. The Bertz CT molecular complexity index is 427. The molecule has 0 saturated heterocycles. The smallest absolute Gasteiger partial charge is 0.183 e. The third kappa shape index (κ3) is 3.40. The summed E-state index contributed by atoms with van der Waals surface area (Å²) in [4.78, 5) is 10.5. The van der Waals surface area contributed by atoms with E-state index in [1.54, 1.807) is 0 Å². The van der Waals surface area contributed by atoms with Crippen molar-refractivity contribution in [3.8, 4) is 0 Å². The van der Waals surface area contributed by atoms with E-state index in [9.17, 15) is 0 Å². The monoisotopic (exact) mass is 293 g/mol. The molecule has 3 nitrogen and oxygen atoms in total. The molecule has 0 radical (unpaired) electrons. The summed E-state index contributed by atoms with van der Waals surface area (Å²) in [6.45, 7) is 1.52. The Morgan fingerprint density at radius 2 is 1.50 bits per heavy atom. The van der Waals surface area contributed by atoms with Crippen molar-refractivity contribution in [1.29, 1.82) is 0 Å². The second-order valence-corrected chi connectivity index (χ2v) is 6.24. The maximum Gasteiger partial charge on any atom is 0.183 e. The number of aromatic nitrogens is 2. The first-order valence-electron chi connectivity index (χ1n) is 4.52. The minimum atomic E-state index is 0.583. The summed E-state index contributed by atoms with van der Waals surface area (Å²) in [6.07, 6.45) is 0. The van der Waals surface area contributed by atoms with Gasteiger partial charge in [0, 0.05) is 23.8 Å². The van der Waals surface area contributed by atoms with Crippen LogP contribution in [0.25, 0.3) is 0 Å². The minimum absolute atomic E-state index is 0.583. The van der Waals surface area contributed by atoms with E-state index in [0.717, 1.165) is 24.5 Å². The molecule has 86 valence electrons. The van der Waals surface area contributed by atoms with E-state index in [1.807, 2.05) is 17.8 Å².